The van der Waals surface area contributed by atoms with Crippen LogP contribution in [0.1, 0.15) is 39.0 Å². The van der Waals surface area contributed by atoms with Gasteiger partial charge in [-0.2, -0.15) is 0 Å². The molecule has 0 aliphatic carbocycles. The van der Waals surface area contributed by atoms with Gasteiger partial charge in [0, 0.05) is 19.6 Å². The molecule has 2 N–H and O–H groups in total. The molecule has 2 fully saturated rings. The molecular formula is C14H24N2O3. The lowest BCUT2D eigenvalue weighted by atomic mass is 9.82. The molecule has 2 saturated heterocycles. The number of rotatable bonds is 4. The minimum atomic E-state index is -0.744. The van der Waals surface area contributed by atoms with E-state index in [-0.39, 0.29) is 11.8 Å². The van der Waals surface area contributed by atoms with Crippen molar-refractivity contribution < 1.29 is 14.7 Å². The highest BCUT2D eigenvalue weighted by Gasteiger charge is 2.46. The monoisotopic (exact) mass is 268 g/mol. The fourth-order valence-corrected chi connectivity index (χ4v) is 3.35. The summed E-state index contributed by atoms with van der Waals surface area (Å²) in [5.41, 5.74) is -0.702. The van der Waals surface area contributed by atoms with Crippen molar-refractivity contribution in [2.45, 2.75) is 39.0 Å². The lowest BCUT2D eigenvalue weighted by Gasteiger charge is -2.28. The molecule has 0 aromatic rings. The van der Waals surface area contributed by atoms with Crippen LogP contribution < -0.4 is 5.32 Å². The zero-order valence-corrected chi connectivity index (χ0v) is 11.7. The zero-order chi connectivity index (χ0) is 13.9. The van der Waals surface area contributed by atoms with E-state index in [1.54, 1.807) is 4.90 Å². The number of likely N-dealkylation sites (tertiary alicyclic amines) is 1. The van der Waals surface area contributed by atoms with E-state index in [1.165, 1.54) is 0 Å². The molecule has 0 radical (unpaired) electrons. The lowest BCUT2D eigenvalue weighted by Crippen LogP contribution is -2.43. The van der Waals surface area contributed by atoms with E-state index >= 15 is 0 Å². The highest BCUT2D eigenvalue weighted by molar-refractivity contribution is 5.82. The minimum Gasteiger partial charge on any atom is -0.481 e. The van der Waals surface area contributed by atoms with Gasteiger partial charge in [0.2, 0.25) is 5.91 Å². The van der Waals surface area contributed by atoms with Crippen molar-refractivity contribution in [1.29, 1.82) is 0 Å². The maximum atomic E-state index is 12.4. The first-order valence-electron chi connectivity index (χ1n) is 7.32. The van der Waals surface area contributed by atoms with E-state index in [1.807, 2.05) is 6.92 Å². The number of carbonyl (C=O) groups is 2. The van der Waals surface area contributed by atoms with Crippen molar-refractivity contribution in [3.05, 3.63) is 0 Å². The molecule has 0 bridgehead atoms. The van der Waals surface area contributed by atoms with Gasteiger partial charge in [0.25, 0.3) is 0 Å². The van der Waals surface area contributed by atoms with E-state index in [4.69, 9.17) is 0 Å². The van der Waals surface area contributed by atoms with Crippen molar-refractivity contribution in [3.8, 4) is 0 Å². The van der Waals surface area contributed by atoms with Crippen LogP contribution in [0.2, 0.25) is 0 Å². The van der Waals surface area contributed by atoms with Crippen LogP contribution in [0.25, 0.3) is 0 Å². The Balaban J connectivity index is 1.99. The Kier molecular flexibility index (Phi) is 4.45. The van der Waals surface area contributed by atoms with Crippen LogP contribution in [-0.4, -0.2) is 48.1 Å². The molecule has 1 unspecified atom stereocenters. The highest BCUT2D eigenvalue weighted by Crippen LogP contribution is 2.36. The Labute approximate surface area is 114 Å². The van der Waals surface area contributed by atoms with Gasteiger partial charge in [-0.25, -0.2) is 0 Å². The van der Waals surface area contributed by atoms with Gasteiger partial charge in [-0.15, -0.1) is 0 Å². The summed E-state index contributed by atoms with van der Waals surface area (Å²) in [6.07, 6.45) is 4.07. The van der Waals surface area contributed by atoms with Crippen LogP contribution in [-0.2, 0) is 9.59 Å². The summed E-state index contributed by atoms with van der Waals surface area (Å²) in [5, 5.41) is 12.7. The summed E-state index contributed by atoms with van der Waals surface area (Å²) < 4.78 is 0. The van der Waals surface area contributed by atoms with Gasteiger partial charge in [0.05, 0.1) is 11.3 Å². The quantitative estimate of drug-likeness (QED) is 0.801. The van der Waals surface area contributed by atoms with E-state index in [0.717, 1.165) is 32.4 Å². The molecule has 2 rings (SSSR count). The van der Waals surface area contributed by atoms with Crippen LogP contribution in [0.4, 0.5) is 0 Å². The van der Waals surface area contributed by atoms with Gasteiger partial charge in [0.1, 0.15) is 0 Å². The van der Waals surface area contributed by atoms with Crippen LogP contribution in [0.3, 0.4) is 0 Å². The lowest BCUT2D eigenvalue weighted by molar-refractivity contribution is -0.149. The number of amides is 1. The summed E-state index contributed by atoms with van der Waals surface area (Å²) in [6, 6.07) is 0. The molecule has 108 valence electrons. The van der Waals surface area contributed by atoms with Crippen molar-refractivity contribution in [3.63, 3.8) is 0 Å². The zero-order valence-electron chi connectivity index (χ0n) is 11.7. The summed E-state index contributed by atoms with van der Waals surface area (Å²) in [4.78, 5) is 25.7. The molecule has 2 aliphatic heterocycles. The third kappa shape index (κ3) is 2.91. The molecule has 0 saturated carbocycles. The predicted octanol–water partition coefficient (Wildman–Crippen LogP) is 1.09. The van der Waals surface area contributed by atoms with Gasteiger partial charge in [-0.05, 0) is 32.2 Å². The van der Waals surface area contributed by atoms with E-state index in [2.05, 4.69) is 5.32 Å². The van der Waals surface area contributed by atoms with Crippen molar-refractivity contribution in [2.75, 3.05) is 26.2 Å². The number of hydrogen-bond acceptors (Lipinski definition) is 3. The van der Waals surface area contributed by atoms with Gasteiger partial charge >= 0.3 is 5.97 Å². The average Bonchev–Trinajstić information content (AvgIpc) is 2.85. The second-order valence-corrected chi connectivity index (χ2v) is 5.89. The molecule has 19 heavy (non-hydrogen) atoms. The fourth-order valence-electron chi connectivity index (χ4n) is 3.35. The van der Waals surface area contributed by atoms with Crippen molar-refractivity contribution in [1.82, 2.24) is 10.2 Å². The van der Waals surface area contributed by atoms with Crippen LogP contribution in [0.5, 0.6) is 0 Å². The number of hydrogen-bond donors (Lipinski definition) is 2. The summed E-state index contributed by atoms with van der Waals surface area (Å²) in [7, 11) is 0. The molecule has 2 atom stereocenters. The van der Waals surface area contributed by atoms with E-state index < -0.39 is 11.4 Å². The number of nitrogens with one attached hydrogen (secondary N) is 1. The highest BCUT2D eigenvalue weighted by atomic mass is 16.4. The SMILES string of the molecule is CCCC1(C(=O)O)CCN(C(=O)[C@H]2CCCNC2)C1. The van der Waals surface area contributed by atoms with Gasteiger partial charge in [-0.3, -0.25) is 9.59 Å². The first-order chi connectivity index (χ1) is 9.09. The molecule has 0 spiro atoms. The number of nitrogens with zero attached hydrogens (tertiary/aromatic N) is 1. The fraction of sp³-hybridized carbons (Fsp3) is 0.857. The second kappa shape index (κ2) is 5.90. The smallest absolute Gasteiger partial charge is 0.311 e. The molecule has 0 aromatic carbocycles. The molecule has 5 nitrogen and oxygen atoms in total. The standard InChI is InChI=1S/C14H24N2O3/c1-2-5-14(13(18)19)6-8-16(10-14)12(17)11-4-3-7-15-9-11/h11,15H,2-10H2,1H3,(H,18,19)/t11-,14?/m0/s1. The number of carbonyl (C=O) groups excluding carboxylic acids is 1. The molecule has 1 amide bonds. The van der Waals surface area contributed by atoms with E-state index in [0.29, 0.717) is 25.9 Å². The van der Waals surface area contributed by atoms with Gasteiger partial charge in [0.15, 0.2) is 0 Å². The molecule has 2 aliphatic rings. The number of aliphatic carboxylic acids is 1. The number of piperidine rings is 1. The molecule has 2 heterocycles. The first kappa shape index (κ1) is 14.3. The molecular weight excluding hydrogens is 244 g/mol. The summed E-state index contributed by atoms with van der Waals surface area (Å²) >= 11 is 0. The van der Waals surface area contributed by atoms with Crippen molar-refractivity contribution >= 4 is 11.9 Å². The van der Waals surface area contributed by atoms with Gasteiger partial charge in [-0.1, -0.05) is 13.3 Å². The van der Waals surface area contributed by atoms with E-state index in [9.17, 15) is 14.7 Å². The Morgan fingerprint density at radius 1 is 1.47 bits per heavy atom. The average molecular weight is 268 g/mol. The largest absolute Gasteiger partial charge is 0.481 e. The Morgan fingerprint density at radius 3 is 2.84 bits per heavy atom. The minimum absolute atomic E-state index is 0.0416. The first-order valence-corrected chi connectivity index (χ1v) is 7.32. The molecule has 0 aromatic heterocycles. The summed E-state index contributed by atoms with van der Waals surface area (Å²) in [6.45, 7) is 4.72. The normalized spacial score (nSPS) is 31.4. The van der Waals surface area contributed by atoms with Crippen LogP contribution >= 0.6 is 0 Å². The number of carboxylic acid groups (broad SMARTS) is 1. The Bertz CT molecular complexity index is 353. The van der Waals surface area contributed by atoms with Crippen LogP contribution in [0.15, 0.2) is 0 Å². The van der Waals surface area contributed by atoms with Gasteiger partial charge < -0.3 is 15.3 Å². The summed E-state index contributed by atoms with van der Waals surface area (Å²) in [5.74, 6) is -0.558. The number of carboxylic acids is 1. The maximum absolute atomic E-state index is 12.4. The predicted molar refractivity (Wildman–Crippen MR) is 71.8 cm³/mol. The third-order valence-electron chi connectivity index (χ3n) is 4.49. The molecule has 5 heteroatoms. The topological polar surface area (TPSA) is 69.6 Å². The van der Waals surface area contributed by atoms with Crippen LogP contribution in [0, 0.1) is 11.3 Å². The maximum Gasteiger partial charge on any atom is 0.311 e. The second-order valence-electron chi connectivity index (χ2n) is 5.89. The Hall–Kier alpha value is -1.10. The third-order valence-corrected chi connectivity index (χ3v) is 4.49. The van der Waals surface area contributed by atoms with Crippen molar-refractivity contribution in [2.24, 2.45) is 11.3 Å². The Morgan fingerprint density at radius 2 is 2.26 bits per heavy atom.